The van der Waals surface area contributed by atoms with E-state index in [-0.39, 0.29) is 37.3 Å². The van der Waals surface area contributed by atoms with Crippen LogP contribution in [0.25, 0.3) is 11.1 Å². The molecule has 6 atom stereocenters. The van der Waals surface area contributed by atoms with Crippen molar-refractivity contribution in [2.45, 2.75) is 77.1 Å². The molecule has 9 heteroatoms. The number of amides is 1. The van der Waals surface area contributed by atoms with Gasteiger partial charge in [-0.25, -0.2) is 0 Å². The first-order chi connectivity index (χ1) is 23.6. The molecular weight excluding hydrogens is 620 g/mol. The maximum absolute atomic E-state index is 12.5. The predicted molar refractivity (Wildman–Crippen MR) is 187 cm³/mol. The van der Waals surface area contributed by atoms with Gasteiger partial charge in [0.1, 0.15) is 0 Å². The lowest BCUT2D eigenvalue weighted by Gasteiger charge is -2.39. The Morgan fingerprint density at radius 1 is 0.898 bits per heavy atom. The van der Waals surface area contributed by atoms with Crippen LogP contribution in [0.4, 0.5) is 0 Å². The van der Waals surface area contributed by atoms with Crippen LogP contribution in [-0.2, 0) is 37.0 Å². The van der Waals surface area contributed by atoms with Crippen molar-refractivity contribution in [1.82, 2.24) is 10.2 Å². The Balaban J connectivity index is 1.33. The number of benzene rings is 4. The summed E-state index contributed by atoms with van der Waals surface area (Å²) in [6, 6.07) is 33.2. The second-order valence-corrected chi connectivity index (χ2v) is 12.6. The molecule has 0 saturated carbocycles. The maximum Gasteiger partial charge on any atom is 0.303 e. The molecular formula is C40H46N2O7. The van der Waals surface area contributed by atoms with E-state index in [4.69, 9.17) is 14.2 Å². The molecule has 0 aromatic heterocycles. The van der Waals surface area contributed by atoms with Crippen molar-refractivity contribution in [2.24, 2.45) is 0 Å². The fourth-order valence-corrected chi connectivity index (χ4v) is 6.09. The second kappa shape index (κ2) is 16.8. The molecule has 1 amide bonds. The summed E-state index contributed by atoms with van der Waals surface area (Å²) in [4.78, 5) is 25.8. The summed E-state index contributed by atoms with van der Waals surface area (Å²) < 4.78 is 18.2. The van der Waals surface area contributed by atoms with Gasteiger partial charge in [0.05, 0.1) is 24.9 Å². The van der Waals surface area contributed by atoms with Crippen LogP contribution in [0.2, 0.25) is 0 Å². The third-order valence-electron chi connectivity index (χ3n) is 9.08. The van der Waals surface area contributed by atoms with E-state index in [0.717, 1.165) is 38.9 Å². The van der Waals surface area contributed by atoms with E-state index in [1.54, 1.807) is 6.92 Å². The highest BCUT2D eigenvalue weighted by molar-refractivity contribution is 5.83. The van der Waals surface area contributed by atoms with Crippen LogP contribution in [0.5, 0.6) is 0 Å². The summed E-state index contributed by atoms with van der Waals surface area (Å²) in [5.74, 6) is -0.869. The van der Waals surface area contributed by atoms with Crippen molar-refractivity contribution in [3.05, 3.63) is 131 Å². The number of aliphatic hydroxyl groups is 2. The monoisotopic (exact) mass is 666 g/mol. The zero-order valence-electron chi connectivity index (χ0n) is 28.5. The van der Waals surface area contributed by atoms with Gasteiger partial charge in [0.15, 0.2) is 12.4 Å². The van der Waals surface area contributed by atoms with Crippen LogP contribution in [0.15, 0.2) is 103 Å². The summed E-state index contributed by atoms with van der Waals surface area (Å²) >= 11 is 0. The maximum atomic E-state index is 12.5. The van der Waals surface area contributed by atoms with Crippen LogP contribution in [-0.4, -0.2) is 58.8 Å². The van der Waals surface area contributed by atoms with E-state index >= 15 is 0 Å². The Hall–Kier alpha value is -4.38. The van der Waals surface area contributed by atoms with Gasteiger partial charge in [-0.15, -0.1) is 0 Å². The summed E-state index contributed by atoms with van der Waals surface area (Å²) in [6.45, 7) is 5.68. The molecule has 1 fully saturated rings. The fraction of sp³-hybridized carbons (Fsp3) is 0.350. The first-order valence-electron chi connectivity index (χ1n) is 16.7. The average molecular weight is 667 g/mol. The molecule has 0 radical (unpaired) electrons. The highest BCUT2D eigenvalue weighted by atomic mass is 16.7. The summed E-state index contributed by atoms with van der Waals surface area (Å²) in [6.07, 6.45) is -1.95. The molecule has 1 heterocycles. The van der Waals surface area contributed by atoms with E-state index < -0.39 is 24.5 Å². The van der Waals surface area contributed by atoms with Gasteiger partial charge in [0, 0.05) is 38.0 Å². The normalized spacial score (nSPS) is 19.5. The SMILES string of the molecule is CC(=O)O[C@@H](C)C(=O)NCc1ccccc1-c1ccc([C@@H]2O[C@H](CN(C)[C@@H](C)[C@H](O)c3ccccc3)C[C@H](c3ccc(CO)cc3)O2)cc1. The molecule has 1 saturated heterocycles. The number of hydrogen-bond donors (Lipinski definition) is 3. The van der Waals surface area contributed by atoms with E-state index in [1.165, 1.54) is 6.92 Å². The van der Waals surface area contributed by atoms with Gasteiger partial charge in [0.25, 0.3) is 5.91 Å². The zero-order chi connectivity index (χ0) is 34.9. The van der Waals surface area contributed by atoms with Gasteiger partial charge in [0.2, 0.25) is 0 Å². The van der Waals surface area contributed by atoms with Crippen molar-refractivity contribution in [1.29, 1.82) is 0 Å². The minimum atomic E-state index is -0.878. The topological polar surface area (TPSA) is 118 Å². The number of aliphatic hydroxyl groups excluding tert-OH is 2. The van der Waals surface area contributed by atoms with E-state index in [0.29, 0.717) is 13.0 Å². The van der Waals surface area contributed by atoms with Gasteiger partial charge < -0.3 is 29.7 Å². The predicted octanol–water partition coefficient (Wildman–Crippen LogP) is 6.01. The number of likely N-dealkylation sites (N-methyl/N-ethyl adjacent to an activating group) is 1. The quantitative estimate of drug-likeness (QED) is 0.149. The van der Waals surface area contributed by atoms with Crippen LogP contribution in [0, 0.1) is 0 Å². The Morgan fingerprint density at radius 2 is 1.55 bits per heavy atom. The number of esters is 1. The molecule has 49 heavy (non-hydrogen) atoms. The number of carbonyl (C=O) groups excluding carboxylic acids is 2. The fourth-order valence-electron chi connectivity index (χ4n) is 6.09. The molecule has 258 valence electrons. The number of nitrogens with zero attached hydrogens (tertiary/aromatic N) is 1. The lowest BCUT2D eigenvalue weighted by atomic mass is 9.97. The molecule has 3 N–H and O–H groups in total. The molecule has 0 aliphatic carbocycles. The van der Waals surface area contributed by atoms with Gasteiger partial charge in [-0.2, -0.15) is 0 Å². The van der Waals surface area contributed by atoms with Crippen LogP contribution in [0.1, 0.15) is 73.5 Å². The highest BCUT2D eigenvalue weighted by Gasteiger charge is 2.34. The number of hydrogen-bond acceptors (Lipinski definition) is 8. The Labute approximate surface area is 288 Å². The van der Waals surface area contributed by atoms with Crippen molar-refractivity contribution in [2.75, 3.05) is 13.6 Å². The largest absolute Gasteiger partial charge is 0.453 e. The van der Waals surface area contributed by atoms with Gasteiger partial charge in [-0.1, -0.05) is 103 Å². The lowest BCUT2D eigenvalue weighted by Crippen LogP contribution is -2.43. The molecule has 1 aliphatic heterocycles. The molecule has 9 nitrogen and oxygen atoms in total. The Bertz CT molecular complexity index is 1660. The molecule has 1 aliphatic rings. The van der Waals surface area contributed by atoms with E-state index in [1.807, 2.05) is 117 Å². The molecule has 0 unspecified atom stereocenters. The minimum Gasteiger partial charge on any atom is -0.453 e. The third-order valence-corrected chi connectivity index (χ3v) is 9.08. The van der Waals surface area contributed by atoms with E-state index in [2.05, 4.69) is 10.2 Å². The van der Waals surface area contributed by atoms with Gasteiger partial charge >= 0.3 is 5.97 Å². The van der Waals surface area contributed by atoms with Crippen molar-refractivity contribution >= 4 is 11.9 Å². The number of rotatable bonds is 13. The smallest absolute Gasteiger partial charge is 0.303 e. The second-order valence-electron chi connectivity index (χ2n) is 12.6. The summed E-state index contributed by atoms with van der Waals surface area (Å²) in [7, 11) is 2.00. The van der Waals surface area contributed by atoms with Crippen LogP contribution >= 0.6 is 0 Å². The third kappa shape index (κ3) is 9.41. The summed E-state index contributed by atoms with van der Waals surface area (Å²) in [5, 5.41) is 23.5. The number of nitrogens with one attached hydrogen (secondary N) is 1. The Kier molecular flexibility index (Phi) is 12.3. The molecule has 0 bridgehead atoms. The van der Waals surface area contributed by atoms with E-state index in [9.17, 15) is 19.8 Å². The first kappa shape index (κ1) is 35.9. The molecule has 0 spiro atoms. The number of ether oxygens (including phenoxy) is 3. The first-order valence-corrected chi connectivity index (χ1v) is 16.7. The van der Waals surface area contributed by atoms with Crippen LogP contribution in [0.3, 0.4) is 0 Å². The Morgan fingerprint density at radius 3 is 2.22 bits per heavy atom. The van der Waals surface area contributed by atoms with Gasteiger partial charge in [-0.05, 0) is 54.3 Å². The minimum absolute atomic E-state index is 0.0260. The standard InChI is InChI=1S/C40H46N2O7/c1-26(38(45)32-10-6-5-7-11-32)42(4)24-35-22-37(31-16-14-29(25-43)15-17-31)49-40(48-35)33-20-18-30(19-21-33)36-13-9-8-12-34(36)23-41-39(46)27(2)47-28(3)44/h5-21,26-27,35,37-38,40,43,45H,22-25H2,1-4H3,(H,41,46)/t26-,27-,35-,37+,38-,40+/m0/s1. The van der Waals surface area contributed by atoms with Gasteiger partial charge in [-0.3, -0.25) is 14.5 Å². The van der Waals surface area contributed by atoms with Crippen molar-refractivity contribution in [3.63, 3.8) is 0 Å². The average Bonchev–Trinajstić information content (AvgIpc) is 3.13. The van der Waals surface area contributed by atoms with Crippen molar-refractivity contribution < 1.29 is 34.0 Å². The summed E-state index contributed by atoms with van der Waals surface area (Å²) in [5.41, 5.74) is 6.43. The van der Waals surface area contributed by atoms with Crippen LogP contribution < -0.4 is 5.32 Å². The molecule has 5 rings (SSSR count). The van der Waals surface area contributed by atoms with Crippen molar-refractivity contribution in [3.8, 4) is 11.1 Å². The molecule has 4 aromatic carbocycles. The molecule has 4 aromatic rings. The number of carbonyl (C=O) groups is 2. The highest BCUT2D eigenvalue weighted by Crippen LogP contribution is 2.39. The zero-order valence-corrected chi connectivity index (χ0v) is 28.5. The lowest BCUT2D eigenvalue weighted by molar-refractivity contribution is -0.253.